The molecule has 0 spiro atoms. The quantitative estimate of drug-likeness (QED) is 0.186. The topological polar surface area (TPSA) is 56.7 Å². The monoisotopic (exact) mass is 508 g/mol. The van der Waals surface area contributed by atoms with Crippen molar-refractivity contribution in [2.24, 2.45) is 4.99 Å². The van der Waals surface area contributed by atoms with Crippen molar-refractivity contribution in [2.75, 3.05) is 33.7 Å². The van der Waals surface area contributed by atoms with E-state index in [4.69, 9.17) is 0 Å². The highest BCUT2D eigenvalue weighted by molar-refractivity contribution is 14.0. The van der Waals surface area contributed by atoms with Gasteiger partial charge in [0.05, 0.1) is 0 Å². The first-order valence-corrected chi connectivity index (χ1v) is 8.44. The number of unbranched alkanes of at least 4 members (excludes halogenated alkanes) is 1. The molecule has 134 valence electrons. The van der Waals surface area contributed by atoms with Crippen LogP contribution >= 0.6 is 39.9 Å². The second-order valence-corrected chi connectivity index (χ2v) is 6.01. The molecule has 1 aromatic carbocycles. The summed E-state index contributed by atoms with van der Waals surface area (Å²) < 4.78 is 0.893. The third-order valence-electron chi connectivity index (χ3n) is 3.26. The molecular weight excluding hydrogens is 483 g/mol. The molecule has 0 radical (unpaired) electrons. The lowest BCUT2D eigenvalue weighted by Gasteiger charge is -2.21. The largest absolute Gasteiger partial charge is 0.354 e. The molecule has 1 rings (SSSR count). The molecule has 0 aliphatic heterocycles. The number of amides is 1. The van der Waals surface area contributed by atoms with Gasteiger partial charge < -0.3 is 15.5 Å². The molecule has 0 saturated carbocycles. The number of guanidine groups is 1. The van der Waals surface area contributed by atoms with Crippen LogP contribution in [0.3, 0.4) is 0 Å². The smallest absolute Gasteiger partial charge is 0.251 e. The molecule has 24 heavy (non-hydrogen) atoms. The zero-order chi connectivity index (χ0) is 17.1. The van der Waals surface area contributed by atoms with Gasteiger partial charge in [-0.15, -0.1) is 30.6 Å². The zero-order valence-electron chi connectivity index (χ0n) is 14.2. The summed E-state index contributed by atoms with van der Waals surface area (Å²) >= 11 is 3.36. The molecule has 2 N–H and O–H groups in total. The number of aliphatic imine (C=N–C) groups is 1. The summed E-state index contributed by atoms with van der Waals surface area (Å²) in [5, 5.41) is 6.13. The molecule has 0 saturated heterocycles. The molecular formula is C17H26BrIN4O. The summed E-state index contributed by atoms with van der Waals surface area (Å²) in [5.41, 5.74) is 0.644. The molecule has 1 amide bonds. The number of benzene rings is 1. The number of nitrogens with one attached hydrogen (secondary N) is 2. The molecule has 1 aromatic rings. The van der Waals surface area contributed by atoms with Crippen molar-refractivity contribution >= 4 is 51.8 Å². The molecule has 0 heterocycles. The van der Waals surface area contributed by atoms with Gasteiger partial charge in [0, 0.05) is 43.8 Å². The maximum Gasteiger partial charge on any atom is 0.251 e. The molecule has 0 fully saturated rings. The van der Waals surface area contributed by atoms with Crippen molar-refractivity contribution in [1.82, 2.24) is 15.5 Å². The fourth-order valence-electron chi connectivity index (χ4n) is 2.05. The number of hydrogen-bond acceptors (Lipinski definition) is 2. The number of allylic oxidation sites excluding steroid dienone is 1. The van der Waals surface area contributed by atoms with E-state index in [1.165, 1.54) is 0 Å². The van der Waals surface area contributed by atoms with E-state index in [1.807, 2.05) is 25.3 Å². The van der Waals surface area contributed by atoms with E-state index in [1.54, 1.807) is 19.2 Å². The number of hydrogen-bond donors (Lipinski definition) is 2. The Morgan fingerprint density at radius 1 is 1.38 bits per heavy atom. The van der Waals surface area contributed by atoms with Crippen molar-refractivity contribution in [3.63, 3.8) is 0 Å². The Labute approximate surface area is 170 Å². The van der Waals surface area contributed by atoms with Gasteiger partial charge in [0.1, 0.15) is 0 Å². The van der Waals surface area contributed by atoms with Crippen molar-refractivity contribution < 1.29 is 4.79 Å². The Morgan fingerprint density at radius 2 is 2.08 bits per heavy atom. The van der Waals surface area contributed by atoms with Gasteiger partial charge in [-0.25, -0.2) is 0 Å². The van der Waals surface area contributed by atoms with Crippen molar-refractivity contribution in [1.29, 1.82) is 0 Å². The number of halogens is 2. The van der Waals surface area contributed by atoms with E-state index in [9.17, 15) is 4.79 Å². The van der Waals surface area contributed by atoms with Crippen molar-refractivity contribution in [3.8, 4) is 0 Å². The van der Waals surface area contributed by atoms with Crippen molar-refractivity contribution in [3.05, 3.63) is 47.0 Å². The van der Waals surface area contributed by atoms with Gasteiger partial charge in [-0.05, 0) is 31.0 Å². The number of rotatable bonds is 8. The van der Waals surface area contributed by atoms with Crippen LogP contribution in [-0.4, -0.2) is 50.5 Å². The van der Waals surface area contributed by atoms with Gasteiger partial charge >= 0.3 is 0 Å². The van der Waals surface area contributed by atoms with Gasteiger partial charge in [0.15, 0.2) is 5.96 Å². The van der Waals surface area contributed by atoms with Crippen LogP contribution in [0.2, 0.25) is 0 Å². The zero-order valence-corrected chi connectivity index (χ0v) is 18.1. The van der Waals surface area contributed by atoms with Gasteiger partial charge in [-0.2, -0.15) is 0 Å². The van der Waals surface area contributed by atoms with Gasteiger partial charge in [0.25, 0.3) is 5.91 Å². The van der Waals surface area contributed by atoms with Gasteiger partial charge in [-0.1, -0.05) is 28.1 Å². The minimum Gasteiger partial charge on any atom is -0.354 e. The maximum atomic E-state index is 12.0. The molecule has 7 heteroatoms. The normalized spacial score (nSPS) is 10.5. The second-order valence-electron chi connectivity index (χ2n) is 5.09. The minimum absolute atomic E-state index is 0. The van der Waals surface area contributed by atoms with E-state index in [-0.39, 0.29) is 29.9 Å². The Balaban J connectivity index is 0.00000529. The standard InChI is InChI=1S/C17H25BrN4O.HI/c1-4-5-6-12-22(3)17(19-2)21-11-10-20-16(23)14-8-7-9-15(18)13-14;/h4,7-9,13H,1,5-6,10-12H2,2-3H3,(H,19,21)(H,20,23);1H. The van der Waals surface area contributed by atoms with Crippen LogP contribution < -0.4 is 10.6 Å². The van der Waals surface area contributed by atoms with Crippen LogP contribution in [0.1, 0.15) is 23.2 Å². The molecule has 0 aliphatic rings. The molecule has 0 aromatic heterocycles. The predicted molar refractivity (Wildman–Crippen MR) is 115 cm³/mol. The van der Waals surface area contributed by atoms with E-state index in [0.717, 1.165) is 29.8 Å². The van der Waals surface area contributed by atoms with Crippen LogP contribution in [0.4, 0.5) is 0 Å². The van der Waals surface area contributed by atoms with Crippen LogP contribution in [0.15, 0.2) is 46.4 Å². The van der Waals surface area contributed by atoms with Crippen LogP contribution in [-0.2, 0) is 0 Å². The second kappa shape index (κ2) is 13.2. The number of carbonyl (C=O) groups is 1. The maximum absolute atomic E-state index is 12.0. The summed E-state index contributed by atoms with van der Waals surface area (Å²) in [5.74, 6) is 0.744. The summed E-state index contributed by atoms with van der Waals surface area (Å²) in [6, 6.07) is 7.33. The minimum atomic E-state index is -0.0811. The molecule has 0 bridgehead atoms. The Hall–Kier alpha value is -1.09. The first-order valence-electron chi connectivity index (χ1n) is 7.65. The third kappa shape index (κ3) is 8.68. The Morgan fingerprint density at radius 3 is 2.71 bits per heavy atom. The van der Waals surface area contributed by atoms with Gasteiger partial charge in [0.2, 0.25) is 0 Å². The fraction of sp³-hybridized carbons (Fsp3) is 0.412. The Bertz CT molecular complexity index is 551. The summed E-state index contributed by atoms with van der Waals surface area (Å²) in [6.07, 6.45) is 3.95. The lowest BCUT2D eigenvalue weighted by atomic mass is 10.2. The van der Waals surface area contributed by atoms with E-state index in [2.05, 4.69) is 43.0 Å². The highest BCUT2D eigenvalue weighted by Gasteiger charge is 2.06. The summed E-state index contributed by atoms with van der Waals surface area (Å²) in [7, 11) is 3.75. The SMILES string of the molecule is C=CCCCN(C)C(=NC)NCCNC(=O)c1cccc(Br)c1.I. The van der Waals surface area contributed by atoms with E-state index < -0.39 is 0 Å². The van der Waals surface area contributed by atoms with Crippen molar-refractivity contribution in [2.45, 2.75) is 12.8 Å². The van der Waals surface area contributed by atoms with Gasteiger partial charge in [-0.3, -0.25) is 9.79 Å². The molecule has 5 nitrogen and oxygen atoms in total. The Kier molecular flexibility index (Phi) is 12.6. The number of carbonyl (C=O) groups excluding carboxylic acids is 1. The fourth-order valence-corrected chi connectivity index (χ4v) is 2.44. The lowest BCUT2D eigenvalue weighted by Crippen LogP contribution is -2.42. The van der Waals surface area contributed by atoms with Crippen LogP contribution in [0, 0.1) is 0 Å². The van der Waals surface area contributed by atoms with Crippen LogP contribution in [0.25, 0.3) is 0 Å². The molecule has 0 unspecified atom stereocenters. The average molecular weight is 509 g/mol. The lowest BCUT2D eigenvalue weighted by molar-refractivity contribution is 0.0954. The first-order chi connectivity index (χ1) is 11.1. The first kappa shape index (κ1) is 22.9. The van der Waals surface area contributed by atoms with Crippen LogP contribution in [0.5, 0.6) is 0 Å². The highest BCUT2D eigenvalue weighted by atomic mass is 127. The predicted octanol–water partition coefficient (Wildman–Crippen LogP) is 3.27. The summed E-state index contributed by atoms with van der Waals surface area (Å²) in [6.45, 7) is 5.79. The van der Waals surface area contributed by atoms with E-state index in [0.29, 0.717) is 18.7 Å². The molecule has 0 aliphatic carbocycles. The molecule has 0 atom stereocenters. The average Bonchev–Trinajstić information content (AvgIpc) is 2.54. The van der Waals surface area contributed by atoms with E-state index >= 15 is 0 Å². The highest BCUT2D eigenvalue weighted by Crippen LogP contribution is 2.11. The summed E-state index contributed by atoms with van der Waals surface area (Å²) in [4.78, 5) is 18.3. The number of nitrogens with zero attached hydrogens (tertiary/aromatic N) is 2. The third-order valence-corrected chi connectivity index (χ3v) is 3.75.